The van der Waals surface area contributed by atoms with Crippen LogP contribution in [0.25, 0.3) is 0 Å². The number of benzene rings is 2. The fourth-order valence-electron chi connectivity index (χ4n) is 2.85. The van der Waals surface area contributed by atoms with Crippen molar-refractivity contribution in [2.24, 2.45) is 0 Å². The predicted octanol–water partition coefficient (Wildman–Crippen LogP) is 4.06. The molecule has 1 amide bonds. The zero-order valence-electron chi connectivity index (χ0n) is 17.7. The van der Waals surface area contributed by atoms with Crippen LogP contribution in [0.3, 0.4) is 0 Å². The van der Waals surface area contributed by atoms with Crippen LogP contribution in [0.15, 0.2) is 48.5 Å². The Bertz CT molecular complexity index is 848. The van der Waals surface area contributed by atoms with Gasteiger partial charge in [-0.1, -0.05) is 36.4 Å². The van der Waals surface area contributed by atoms with Crippen molar-refractivity contribution in [1.82, 2.24) is 5.32 Å². The number of rotatable bonds is 8. The Morgan fingerprint density at radius 2 is 1.77 bits per heavy atom. The van der Waals surface area contributed by atoms with Gasteiger partial charge in [-0.15, -0.1) is 0 Å². The highest BCUT2D eigenvalue weighted by molar-refractivity contribution is 5.78. The van der Waals surface area contributed by atoms with E-state index in [9.17, 15) is 14.0 Å². The molecular formula is C23H28FNO5. The van der Waals surface area contributed by atoms with E-state index in [0.29, 0.717) is 24.2 Å². The van der Waals surface area contributed by atoms with Crippen molar-refractivity contribution in [3.63, 3.8) is 0 Å². The minimum atomic E-state index is -0.695. The molecule has 1 atom stereocenters. The van der Waals surface area contributed by atoms with Gasteiger partial charge in [0, 0.05) is 18.9 Å². The normalized spacial score (nSPS) is 12.0. The lowest BCUT2D eigenvalue weighted by Crippen LogP contribution is -2.37. The van der Waals surface area contributed by atoms with Crippen LogP contribution < -0.4 is 10.1 Å². The van der Waals surface area contributed by atoms with Crippen molar-refractivity contribution in [3.05, 3.63) is 65.5 Å². The molecule has 0 aliphatic heterocycles. The SMILES string of the molecule is COc1cc(F)ccc1CC(Cc1ccccc1)OC(=O)CNC(=O)OC(C)(C)C. The summed E-state index contributed by atoms with van der Waals surface area (Å²) in [4.78, 5) is 24.1. The summed E-state index contributed by atoms with van der Waals surface area (Å²) >= 11 is 0. The van der Waals surface area contributed by atoms with Crippen LogP contribution in [0, 0.1) is 5.82 Å². The van der Waals surface area contributed by atoms with Crippen molar-refractivity contribution in [2.45, 2.75) is 45.3 Å². The van der Waals surface area contributed by atoms with E-state index in [0.717, 1.165) is 5.56 Å². The van der Waals surface area contributed by atoms with Gasteiger partial charge < -0.3 is 19.5 Å². The first-order chi connectivity index (χ1) is 14.2. The molecule has 0 spiro atoms. The summed E-state index contributed by atoms with van der Waals surface area (Å²) in [5.41, 5.74) is 1.03. The highest BCUT2D eigenvalue weighted by Crippen LogP contribution is 2.23. The number of methoxy groups -OCH3 is 1. The molecule has 0 saturated heterocycles. The number of carbonyl (C=O) groups is 2. The molecule has 0 aromatic heterocycles. The number of hydrogen-bond acceptors (Lipinski definition) is 5. The molecular weight excluding hydrogens is 389 g/mol. The maximum atomic E-state index is 13.5. The Morgan fingerprint density at radius 3 is 2.40 bits per heavy atom. The van der Waals surface area contributed by atoms with Gasteiger partial charge in [0.15, 0.2) is 0 Å². The van der Waals surface area contributed by atoms with Crippen molar-refractivity contribution in [1.29, 1.82) is 0 Å². The van der Waals surface area contributed by atoms with Crippen molar-refractivity contribution < 1.29 is 28.2 Å². The topological polar surface area (TPSA) is 73.9 Å². The minimum absolute atomic E-state index is 0.319. The molecule has 162 valence electrons. The number of alkyl carbamates (subject to hydrolysis) is 1. The molecule has 0 radical (unpaired) electrons. The van der Waals surface area contributed by atoms with Gasteiger partial charge in [-0.3, -0.25) is 4.79 Å². The second-order valence-corrected chi connectivity index (χ2v) is 7.82. The second kappa shape index (κ2) is 10.6. The Morgan fingerprint density at radius 1 is 1.07 bits per heavy atom. The lowest BCUT2D eigenvalue weighted by molar-refractivity contribution is -0.147. The van der Waals surface area contributed by atoms with E-state index in [1.165, 1.54) is 19.2 Å². The minimum Gasteiger partial charge on any atom is -0.496 e. The fourth-order valence-corrected chi connectivity index (χ4v) is 2.85. The molecule has 6 nitrogen and oxygen atoms in total. The number of nitrogens with one attached hydrogen (secondary N) is 1. The van der Waals surface area contributed by atoms with Crippen molar-refractivity contribution >= 4 is 12.1 Å². The van der Waals surface area contributed by atoms with Crippen LogP contribution in [0.2, 0.25) is 0 Å². The molecule has 30 heavy (non-hydrogen) atoms. The lowest BCUT2D eigenvalue weighted by Gasteiger charge is -2.21. The van der Waals surface area contributed by atoms with E-state index in [4.69, 9.17) is 14.2 Å². The Labute approximate surface area is 176 Å². The molecule has 1 N–H and O–H groups in total. The van der Waals surface area contributed by atoms with Gasteiger partial charge in [0.25, 0.3) is 0 Å². The van der Waals surface area contributed by atoms with Gasteiger partial charge in [-0.25, -0.2) is 9.18 Å². The molecule has 0 saturated carbocycles. The molecule has 0 bridgehead atoms. The molecule has 0 fully saturated rings. The standard InChI is InChI=1S/C23H28FNO5/c1-23(2,3)30-22(27)25-15-21(26)29-19(12-16-8-6-5-7-9-16)13-17-10-11-18(24)14-20(17)28-4/h5-11,14,19H,12-13,15H2,1-4H3,(H,25,27). The van der Waals surface area contributed by atoms with Crippen LogP contribution >= 0.6 is 0 Å². The summed E-state index contributed by atoms with van der Waals surface area (Å²) in [5.74, 6) is -0.618. The number of amides is 1. The Hall–Kier alpha value is -3.09. The van der Waals surface area contributed by atoms with Gasteiger partial charge in [-0.05, 0) is 38.0 Å². The molecule has 2 aromatic rings. The molecule has 2 aromatic carbocycles. The van der Waals surface area contributed by atoms with E-state index in [-0.39, 0.29) is 6.54 Å². The van der Waals surface area contributed by atoms with Crippen LogP contribution in [0.1, 0.15) is 31.9 Å². The quantitative estimate of drug-likeness (QED) is 0.656. The third kappa shape index (κ3) is 8.11. The van der Waals surface area contributed by atoms with Crippen LogP contribution in [0.5, 0.6) is 5.75 Å². The highest BCUT2D eigenvalue weighted by atomic mass is 19.1. The average Bonchev–Trinajstić information content (AvgIpc) is 2.67. The largest absolute Gasteiger partial charge is 0.496 e. The van der Waals surface area contributed by atoms with Gasteiger partial charge in [0.1, 0.15) is 29.8 Å². The smallest absolute Gasteiger partial charge is 0.408 e. The molecule has 2 rings (SSSR count). The Kier molecular flexibility index (Phi) is 8.21. The van der Waals surface area contributed by atoms with E-state index in [1.807, 2.05) is 30.3 Å². The van der Waals surface area contributed by atoms with Crippen LogP contribution in [0.4, 0.5) is 9.18 Å². The monoisotopic (exact) mass is 417 g/mol. The molecule has 7 heteroatoms. The zero-order chi connectivity index (χ0) is 22.1. The third-order valence-electron chi connectivity index (χ3n) is 4.08. The third-order valence-corrected chi connectivity index (χ3v) is 4.08. The predicted molar refractivity (Wildman–Crippen MR) is 111 cm³/mol. The van der Waals surface area contributed by atoms with Gasteiger partial charge in [0.2, 0.25) is 0 Å². The summed E-state index contributed by atoms with van der Waals surface area (Å²) in [6.45, 7) is 4.88. The van der Waals surface area contributed by atoms with Gasteiger partial charge in [-0.2, -0.15) is 0 Å². The summed E-state index contributed by atoms with van der Waals surface area (Å²) in [7, 11) is 1.46. The number of ether oxygens (including phenoxy) is 3. The fraction of sp³-hybridized carbons (Fsp3) is 0.391. The summed E-state index contributed by atoms with van der Waals surface area (Å²) < 4.78 is 29.5. The molecule has 0 aliphatic carbocycles. The van der Waals surface area contributed by atoms with Crippen molar-refractivity contribution in [2.75, 3.05) is 13.7 Å². The second-order valence-electron chi connectivity index (χ2n) is 7.82. The number of esters is 1. The number of carbonyl (C=O) groups excluding carboxylic acids is 2. The van der Waals surface area contributed by atoms with Crippen molar-refractivity contribution in [3.8, 4) is 5.75 Å². The van der Waals surface area contributed by atoms with Crippen LogP contribution in [-0.4, -0.2) is 37.4 Å². The first-order valence-electron chi connectivity index (χ1n) is 9.69. The summed E-state index contributed by atoms with van der Waals surface area (Å²) in [5, 5.41) is 2.39. The molecule has 1 unspecified atom stereocenters. The lowest BCUT2D eigenvalue weighted by atomic mass is 10.0. The number of hydrogen-bond donors (Lipinski definition) is 1. The maximum absolute atomic E-state index is 13.5. The first kappa shape index (κ1) is 23.2. The van der Waals surface area contributed by atoms with E-state index < -0.39 is 29.6 Å². The van der Waals surface area contributed by atoms with Gasteiger partial charge in [0.05, 0.1) is 7.11 Å². The average molecular weight is 417 g/mol. The van der Waals surface area contributed by atoms with E-state index in [1.54, 1.807) is 26.8 Å². The first-order valence-corrected chi connectivity index (χ1v) is 9.69. The van der Waals surface area contributed by atoms with E-state index in [2.05, 4.69) is 5.32 Å². The zero-order valence-corrected chi connectivity index (χ0v) is 17.7. The molecule has 0 heterocycles. The van der Waals surface area contributed by atoms with Crippen LogP contribution in [-0.2, 0) is 27.1 Å². The Balaban J connectivity index is 2.06. The summed E-state index contributed by atoms with van der Waals surface area (Å²) in [6, 6.07) is 13.8. The highest BCUT2D eigenvalue weighted by Gasteiger charge is 2.21. The maximum Gasteiger partial charge on any atom is 0.408 e. The van der Waals surface area contributed by atoms with Gasteiger partial charge >= 0.3 is 12.1 Å². The molecule has 0 aliphatic rings. The number of halogens is 1. The summed E-state index contributed by atoms with van der Waals surface area (Å²) in [6.07, 6.45) is -0.435. The van der Waals surface area contributed by atoms with E-state index >= 15 is 0 Å².